The number of nitrogen functional groups attached to an aromatic ring is 1. The summed E-state index contributed by atoms with van der Waals surface area (Å²) < 4.78 is 10.4. The van der Waals surface area contributed by atoms with Gasteiger partial charge in [0.05, 0.1) is 17.8 Å². The molecular weight excluding hydrogens is 336 g/mol. The van der Waals surface area contributed by atoms with Crippen LogP contribution in [0.25, 0.3) is 0 Å². The van der Waals surface area contributed by atoms with Gasteiger partial charge in [0.15, 0.2) is 0 Å². The second kappa shape index (κ2) is 11.5. The molecule has 0 spiro atoms. The maximum atomic E-state index is 12.0. The quantitative estimate of drug-likeness (QED) is 0.569. The van der Waals surface area contributed by atoms with Crippen LogP contribution in [0.5, 0.6) is 5.75 Å². The number of nitrogens with two attached hydrogens (primary N) is 1. The monoisotopic (exact) mass is 360 g/mol. The largest absolute Gasteiger partial charge is 0.496 e. The molecule has 0 aromatic heterocycles. The number of rotatable bonds is 7. The molecule has 1 rings (SSSR count). The molecule has 1 aromatic carbocycles. The van der Waals surface area contributed by atoms with E-state index in [-0.39, 0.29) is 5.56 Å². The molecule has 0 saturated carbocycles. The van der Waals surface area contributed by atoms with Crippen LogP contribution in [0.1, 0.15) is 31.1 Å². The van der Waals surface area contributed by atoms with Gasteiger partial charge in [-0.3, -0.25) is 4.79 Å². The number of ether oxygens (including phenoxy) is 2. The van der Waals surface area contributed by atoms with Gasteiger partial charge in [-0.05, 0) is 19.2 Å². The van der Waals surface area contributed by atoms with Crippen molar-refractivity contribution in [3.05, 3.63) is 22.7 Å². The lowest BCUT2D eigenvalue weighted by atomic mass is 10.2. The van der Waals surface area contributed by atoms with Crippen LogP contribution in [0, 0.1) is 0 Å². The fourth-order valence-corrected chi connectivity index (χ4v) is 1.95. The number of carboxylic acids is 1. The van der Waals surface area contributed by atoms with Crippen molar-refractivity contribution in [3.63, 3.8) is 0 Å². The Morgan fingerprint density at radius 1 is 1.29 bits per heavy atom. The third-order valence-corrected chi connectivity index (χ3v) is 3.40. The van der Waals surface area contributed by atoms with E-state index in [9.17, 15) is 4.79 Å². The highest BCUT2D eigenvalue weighted by molar-refractivity contribution is 6.33. The van der Waals surface area contributed by atoms with Crippen LogP contribution in [0.4, 0.5) is 5.69 Å². The van der Waals surface area contributed by atoms with Gasteiger partial charge in [0.25, 0.3) is 5.97 Å². The molecule has 0 amide bonds. The molecule has 136 valence electrons. The molecule has 0 unspecified atom stereocenters. The van der Waals surface area contributed by atoms with E-state index in [1.54, 1.807) is 0 Å². The Morgan fingerprint density at radius 2 is 1.83 bits per heavy atom. The first-order valence-electron chi connectivity index (χ1n) is 7.48. The molecule has 0 bridgehead atoms. The molecule has 3 N–H and O–H groups in total. The van der Waals surface area contributed by atoms with Gasteiger partial charge in [-0.1, -0.05) is 25.4 Å². The Labute approximate surface area is 147 Å². The molecule has 0 aliphatic heterocycles. The fraction of sp³-hybridized carbons (Fsp3) is 0.500. The van der Waals surface area contributed by atoms with Crippen LogP contribution >= 0.6 is 11.6 Å². The number of nitrogens with zero attached hydrogens (tertiary/aromatic N) is 1. The Hall–Kier alpha value is -1.99. The van der Waals surface area contributed by atoms with Gasteiger partial charge in [0.1, 0.15) is 17.9 Å². The number of hydrogen-bond donors (Lipinski definition) is 2. The van der Waals surface area contributed by atoms with E-state index in [2.05, 4.69) is 18.7 Å². The van der Waals surface area contributed by atoms with Gasteiger partial charge in [-0.25, -0.2) is 4.79 Å². The van der Waals surface area contributed by atoms with Crippen LogP contribution in [-0.4, -0.2) is 55.3 Å². The molecule has 0 aliphatic carbocycles. The van der Waals surface area contributed by atoms with E-state index in [4.69, 9.17) is 36.7 Å². The highest BCUT2D eigenvalue weighted by atomic mass is 35.5. The fourth-order valence-electron chi connectivity index (χ4n) is 1.78. The minimum absolute atomic E-state index is 0.284. The lowest BCUT2D eigenvalue weighted by Crippen LogP contribution is -2.28. The topological polar surface area (TPSA) is 102 Å². The summed E-state index contributed by atoms with van der Waals surface area (Å²) in [5, 5.41) is 7.72. The smallest absolute Gasteiger partial charge is 0.342 e. The molecule has 24 heavy (non-hydrogen) atoms. The van der Waals surface area contributed by atoms with Gasteiger partial charge >= 0.3 is 5.97 Å². The van der Waals surface area contributed by atoms with Crippen molar-refractivity contribution in [2.75, 3.05) is 39.1 Å². The number of aliphatic carboxylic acids is 1. The molecular formula is C16H25ClN2O5. The summed E-state index contributed by atoms with van der Waals surface area (Å²) in [6.07, 6.45) is 0. The minimum Gasteiger partial charge on any atom is -0.496 e. The number of hydrogen-bond acceptors (Lipinski definition) is 6. The van der Waals surface area contributed by atoms with E-state index >= 15 is 0 Å². The van der Waals surface area contributed by atoms with E-state index in [0.717, 1.165) is 20.0 Å². The third kappa shape index (κ3) is 8.03. The zero-order valence-corrected chi connectivity index (χ0v) is 15.2. The summed E-state index contributed by atoms with van der Waals surface area (Å²) in [4.78, 5) is 23.2. The van der Waals surface area contributed by atoms with Crippen molar-refractivity contribution >= 4 is 29.2 Å². The summed E-state index contributed by atoms with van der Waals surface area (Å²) in [6.45, 7) is 8.08. The number of anilines is 1. The molecule has 0 aliphatic rings. The number of likely N-dealkylation sites (N-methyl/N-ethyl adjacent to an activating group) is 1. The maximum Gasteiger partial charge on any atom is 0.342 e. The van der Waals surface area contributed by atoms with Gasteiger partial charge in [-0.15, -0.1) is 0 Å². The van der Waals surface area contributed by atoms with Crippen molar-refractivity contribution in [2.24, 2.45) is 0 Å². The molecule has 0 fully saturated rings. The number of carbonyl (C=O) groups is 2. The summed E-state index contributed by atoms with van der Waals surface area (Å²) in [5.74, 6) is -0.935. The highest BCUT2D eigenvalue weighted by Crippen LogP contribution is 2.29. The lowest BCUT2D eigenvalue weighted by molar-refractivity contribution is -0.134. The zero-order chi connectivity index (χ0) is 18.7. The first-order valence-corrected chi connectivity index (χ1v) is 7.86. The zero-order valence-electron chi connectivity index (χ0n) is 14.5. The summed E-state index contributed by atoms with van der Waals surface area (Å²) in [7, 11) is 1.47. The van der Waals surface area contributed by atoms with Crippen LogP contribution in [0.15, 0.2) is 12.1 Å². The number of carboxylic acid groups (broad SMARTS) is 1. The predicted molar refractivity (Wildman–Crippen MR) is 93.8 cm³/mol. The Morgan fingerprint density at radius 3 is 2.29 bits per heavy atom. The van der Waals surface area contributed by atoms with E-state index < -0.39 is 11.9 Å². The number of esters is 1. The summed E-state index contributed by atoms with van der Waals surface area (Å²) in [6, 6.07) is 2.98. The van der Waals surface area contributed by atoms with E-state index in [1.807, 2.05) is 0 Å². The van der Waals surface area contributed by atoms with Gasteiger partial charge < -0.3 is 25.2 Å². The van der Waals surface area contributed by atoms with Crippen LogP contribution < -0.4 is 10.5 Å². The molecule has 1 aromatic rings. The van der Waals surface area contributed by atoms with Crippen molar-refractivity contribution in [2.45, 2.75) is 20.8 Å². The summed E-state index contributed by atoms with van der Waals surface area (Å²) >= 11 is 5.92. The standard InChI is InChI=1S/C14H21ClN2O3.C2H4O2/c1-4-17(5-2)6-7-20-14(18)10-8-11(15)12(16)9-13(10)19-3;1-2(3)4/h8-9H,4-7,16H2,1-3H3;1H3,(H,3,4). The Kier molecular flexibility index (Phi) is 10.6. The molecule has 7 nitrogen and oxygen atoms in total. The molecule has 0 radical (unpaired) electrons. The predicted octanol–water partition coefficient (Wildman–Crippen LogP) is 2.52. The number of methoxy groups -OCH3 is 1. The number of halogens is 1. The van der Waals surface area contributed by atoms with Crippen molar-refractivity contribution in [1.82, 2.24) is 4.90 Å². The second-order valence-corrected chi connectivity index (χ2v) is 5.16. The van der Waals surface area contributed by atoms with Crippen molar-refractivity contribution in [1.29, 1.82) is 0 Å². The highest BCUT2D eigenvalue weighted by Gasteiger charge is 2.16. The van der Waals surface area contributed by atoms with Gasteiger partial charge in [0.2, 0.25) is 0 Å². The average Bonchev–Trinajstić information content (AvgIpc) is 2.53. The van der Waals surface area contributed by atoms with E-state index in [0.29, 0.717) is 29.6 Å². The lowest BCUT2D eigenvalue weighted by Gasteiger charge is -2.17. The van der Waals surface area contributed by atoms with Gasteiger partial charge in [0, 0.05) is 19.5 Å². The van der Waals surface area contributed by atoms with Gasteiger partial charge in [-0.2, -0.15) is 0 Å². The SMILES string of the molecule is CC(=O)O.CCN(CC)CCOC(=O)c1cc(Cl)c(N)cc1OC. The first kappa shape index (κ1) is 22.0. The van der Waals surface area contributed by atoms with Crippen LogP contribution in [-0.2, 0) is 9.53 Å². The molecule has 8 heteroatoms. The summed E-state index contributed by atoms with van der Waals surface area (Å²) in [5.41, 5.74) is 6.32. The molecule has 0 heterocycles. The second-order valence-electron chi connectivity index (χ2n) is 4.76. The first-order chi connectivity index (χ1) is 11.3. The number of benzene rings is 1. The molecule has 0 saturated heterocycles. The normalized spacial score (nSPS) is 9.92. The maximum absolute atomic E-state index is 12.0. The number of carbonyl (C=O) groups excluding carboxylic acids is 1. The van der Waals surface area contributed by atoms with Crippen molar-refractivity contribution in [3.8, 4) is 5.75 Å². The van der Waals surface area contributed by atoms with E-state index in [1.165, 1.54) is 19.2 Å². The van der Waals surface area contributed by atoms with Crippen molar-refractivity contribution < 1.29 is 24.2 Å². The van der Waals surface area contributed by atoms with Crippen LogP contribution in [0.2, 0.25) is 5.02 Å². The van der Waals surface area contributed by atoms with Crippen LogP contribution in [0.3, 0.4) is 0 Å². The Balaban J connectivity index is 0.00000118. The molecule has 0 atom stereocenters. The average molecular weight is 361 g/mol. The third-order valence-electron chi connectivity index (χ3n) is 3.07. The Bertz CT molecular complexity index is 544. The minimum atomic E-state index is -0.833.